The Morgan fingerprint density at radius 2 is 1.89 bits per heavy atom. The minimum absolute atomic E-state index is 0.0192. The molecule has 1 saturated heterocycles. The molecular weight excluding hydrogens is 372 g/mol. The van der Waals surface area contributed by atoms with Crippen molar-refractivity contribution in [3.8, 4) is 16.9 Å². The fraction of sp³-hybridized carbons (Fsp3) is 0.273. The standard InChI is InChI=1S/C22H22N2O3S/c1-28-17-7-5-15(6-8-17)18-3-2-4-19-20(9-12-23-21(18)19)27-16-10-13-24(14-11-16)22(25)26/h2-9,12,16H,10-11,13-14H2,1H3,(H,25,26). The minimum Gasteiger partial charge on any atom is -0.490 e. The third-order valence-corrected chi connectivity index (χ3v) is 5.88. The number of rotatable bonds is 4. The van der Waals surface area contributed by atoms with Crippen LogP contribution in [-0.2, 0) is 0 Å². The van der Waals surface area contributed by atoms with Crippen molar-refractivity contribution >= 4 is 28.8 Å². The highest BCUT2D eigenvalue weighted by atomic mass is 32.2. The predicted molar refractivity (Wildman–Crippen MR) is 112 cm³/mol. The summed E-state index contributed by atoms with van der Waals surface area (Å²) in [6, 6.07) is 16.5. The fourth-order valence-corrected chi connectivity index (χ4v) is 4.01. The molecule has 0 radical (unpaired) electrons. The number of para-hydroxylation sites is 1. The summed E-state index contributed by atoms with van der Waals surface area (Å²) in [6.45, 7) is 1.02. The SMILES string of the molecule is CSc1ccc(-c2cccc3c(OC4CCN(C(=O)O)CC4)ccnc23)cc1. The van der Waals surface area contributed by atoms with Crippen molar-refractivity contribution in [3.05, 3.63) is 54.7 Å². The maximum Gasteiger partial charge on any atom is 0.407 e. The van der Waals surface area contributed by atoms with Crippen LogP contribution in [0.2, 0.25) is 0 Å². The molecule has 0 spiro atoms. The zero-order valence-electron chi connectivity index (χ0n) is 15.7. The molecular formula is C22H22N2O3S. The van der Waals surface area contributed by atoms with Gasteiger partial charge in [0.2, 0.25) is 0 Å². The third kappa shape index (κ3) is 3.78. The van der Waals surface area contributed by atoms with Crippen LogP contribution in [0.5, 0.6) is 5.75 Å². The molecule has 1 aromatic heterocycles. The summed E-state index contributed by atoms with van der Waals surface area (Å²) in [5, 5.41) is 10.1. The zero-order valence-corrected chi connectivity index (χ0v) is 16.5. The number of aromatic nitrogens is 1. The van der Waals surface area contributed by atoms with E-state index in [1.54, 1.807) is 18.0 Å². The van der Waals surface area contributed by atoms with E-state index in [2.05, 4.69) is 41.6 Å². The van der Waals surface area contributed by atoms with E-state index in [4.69, 9.17) is 9.84 Å². The lowest BCUT2D eigenvalue weighted by Gasteiger charge is -2.30. The summed E-state index contributed by atoms with van der Waals surface area (Å²) >= 11 is 1.72. The molecule has 0 bridgehead atoms. The molecule has 1 aliphatic rings. The van der Waals surface area contributed by atoms with Gasteiger partial charge in [-0.05, 0) is 36.1 Å². The van der Waals surface area contributed by atoms with Crippen LogP contribution in [0.15, 0.2) is 59.6 Å². The number of benzene rings is 2. The second-order valence-corrected chi connectivity index (χ2v) is 7.71. The number of ether oxygens (including phenoxy) is 1. The first-order chi connectivity index (χ1) is 13.7. The Labute approximate surface area is 168 Å². The van der Waals surface area contributed by atoms with Gasteiger partial charge >= 0.3 is 6.09 Å². The van der Waals surface area contributed by atoms with E-state index in [-0.39, 0.29) is 6.10 Å². The summed E-state index contributed by atoms with van der Waals surface area (Å²) in [5.41, 5.74) is 3.12. The van der Waals surface area contributed by atoms with Crippen LogP contribution in [0.25, 0.3) is 22.0 Å². The van der Waals surface area contributed by atoms with E-state index < -0.39 is 6.09 Å². The van der Waals surface area contributed by atoms with Gasteiger partial charge < -0.3 is 14.7 Å². The average Bonchev–Trinajstić information content (AvgIpc) is 2.74. The molecule has 1 N–H and O–H groups in total. The minimum atomic E-state index is -0.857. The van der Waals surface area contributed by atoms with E-state index in [1.807, 2.05) is 18.2 Å². The molecule has 2 heterocycles. The van der Waals surface area contributed by atoms with Crippen molar-refractivity contribution in [2.45, 2.75) is 23.8 Å². The first-order valence-corrected chi connectivity index (χ1v) is 10.5. The molecule has 0 unspecified atom stereocenters. The molecule has 0 saturated carbocycles. The number of nitrogens with zero attached hydrogens (tertiary/aromatic N) is 2. The Kier molecular flexibility index (Phi) is 5.39. The lowest BCUT2D eigenvalue weighted by molar-refractivity contribution is 0.0902. The quantitative estimate of drug-likeness (QED) is 0.621. The topological polar surface area (TPSA) is 62.7 Å². The van der Waals surface area contributed by atoms with Crippen molar-refractivity contribution in [1.82, 2.24) is 9.88 Å². The summed E-state index contributed by atoms with van der Waals surface area (Å²) < 4.78 is 6.26. The van der Waals surface area contributed by atoms with Gasteiger partial charge in [0.1, 0.15) is 11.9 Å². The van der Waals surface area contributed by atoms with Gasteiger partial charge in [-0.15, -0.1) is 11.8 Å². The van der Waals surface area contributed by atoms with Gasteiger partial charge in [-0.1, -0.05) is 24.3 Å². The van der Waals surface area contributed by atoms with Crippen LogP contribution < -0.4 is 4.74 Å². The maximum absolute atomic E-state index is 11.1. The Balaban J connectivity index is 1.61. The molecule has 5 nitrogen and oxygen atoms in total. The van der Waals surface area contributed by atoms with Crippen LogP contribution in [0.1, 0.15) is 12.8 Å². The van der Waals surface area contributed by atoms with Gasteiger partial charge in [0.15, 0.2) is 0 Å². The van der Waals surface area contributed by atoms with Crippen LogP contribution in [0.4, 0.5) is 4.79 Å². The van der Waals surface area contributed by atoms with Crippen LogP contribution in [-0.4, -0.2) is 46.5 Å². The van der Waals surface area contributed by atoms with Crippen LogP contribution >= 0.6 is 11.8 Å². The molecule has 1 fully saturated rings. The van der Waals surface area contributed by atoms with Gasteiger partial charge in [0.25, 0.3) is 0 Å². The van der Waals surface area contributed by atoms with Crippen molar-refractivity contribution in [3.63, 3.8) is 0 Å². The number of carboxylic acid groups (broad SMARTS) is 1. The molecule has 6 heteroatoms. The Hall–Kier alpha value is -2.73. The number of amides is 1. The number of thioether (sulfide) groups is 1. The number of hydrogen-bond donors (Lipinski definition) is 1. The van der Waals surface area contributed by atoms with Crippen LogP contribution in [0.3, 0.4) is 0 Å². The normalized spacial score (nSPS) is 15.0. The molecule has 1 amide bonds. The van der Waals surface area contributed by atoms with E-state index in [1.165, 1.54) is 9.80 Å². The number of piperidine rings is 1. The first-order valence-electron chi connectivity index (χ1n) is 9.32. The van der Waals surface area contributed by atoms with Crippen LogP contribution in [0, 0.1) is 0 Å². The van der Waals surface area contributed by atoms with E-state index in [0.717, 1.165) is 27.8 Å². The maximum atomic E-state index is 11.1. The Morgan fingerprint density at radius 3 is 2.57 bits per heavy atom. The van der Waals surface area contributed by atoms with Crippen molar-refractivity contribution < 1.29 is 14.6 Å². The van der Waals surface area contributed by atoms with Crippen molar-refractivity contribution in [2.75, 3.05) is 19.3 Å². The van der Waals surface area contributed by atoms with Gasteiger partial charge in [0.05, 0.1) is 5.52 Å². The zero-order chi connectivity index (χ0) is 19.5. The monoisotopic (exact) mass is 394 g/mol. The fourth-order valence-electron chi connectivity index (χ4n) is 3.60. The van der Waals surface area contributed by atoms with E-state index in [9.17, 15) is 4.79 Å². The molecule has 1 aliphatic heterocycles. The molecule has 28 heavy (non-hydrogen) atoms. The highest BCUT2D eigenvalue weighted by Gasteiger charge is 2.24. The molecule has 0 atom stereocenters. The number of pyridine rings is 1. The number of hydrogen-bond acceptors (Lipinski definition) is 4. The highest BCUT2D eigenvalue weighted by molar-refractivity contribution is 7.98. The van der Waals surface area contributed by atoms with Gasteiger partial charge in [0, 0.05) is 48.0 Å². The molecule has 4 rings (SSSR count). The lowest BCUT2D eigenvalue weighted by atomic mass is 10.0. The lowest BCUT2D eigenvalue weighted by Crippen LogP contribution is -2.41. The summed E-state index contributed by atoms with van der Waals surface area (Å²) in [6.07, 6.45) is 4.41. The Bertz CT molecular complexity index is 983. The molecule has 0 aliphatic carbocycles. The van der Waals surface area contributed by atoms with Gasteiger partial charge in [-0.25, -0.2) is 4.79 Å². The molecule has 3 aromatic rings. The van der Waals surface area contributed by atoms with E-state index >= 15 is 0 Å². The summed E-state index contributed by atoms with van der Waals surface area (Å²) in [5.74, 6) is 0.807. The summed E-state index contributed by atoms with van der Waals surface area (Å²) in [4.78, 5) is 18.4. The van der Waals surface area contributed by atoms with Crippen molar-refractivity contribution in [2.24, 2.45) is 0 Å². The first kappa shape index (κ1) is 18.6. The number of likely N-dealkylation sites (tertiary alicyclic amines) is 1. The summed E-state index contributed by atoms with van der Waals surface area (Å²) in [7, 11) is 0. The highest BCUT2D eigenvalue weighted by Crippen LogP contribution is 2.33. The van der Waals surface area contributed by atoms with Gasteiger partial charge in [-0.2, -0.15) is 0 Å². The van der Waals surface area contributed by atoms with Crippen molar-refractivity contribution in [1.29, 1.82) is 0 Å². The number of fused-ring (bicyclic) bond motifs is 1. The smallest absolute Gasteiger partial charge is 0.407 e. The Morgan fingerprint density at radius 1 is 1.14 bits per heavy atom. The average molecular weight is 394 g/mol. The second kappa shape index (κ2) is 8.10. The third-order valence-electron chi connectivity index (χ3n) is 5.14. The van der Waals surface area contributed by atoms with E-state index in [0.29, 0.717) is 25.9 Å². The second-order valence-electron chi connectivity index (χ2n) is 6.83. The number of carbonyl (C=O) groups is 1. The largest absolute Gasteiger partial charge is 0.490 e. The molecule has 144 valence electrons. The predicted octanol–water partition coefficient (Wildman–Crippen LogP) is 5.14. The molecule has 2 aromatic carbocycles. The van der Waals surface area contributed by atoms with Gasteiger partial charge in [-0.3, -0.25) is 4.98 Å².